The number of rotatable bonds is 4. The quantitative estimate of drug-likeness (QED) is 0.802. The molecule has 0 aliphatic heterocycles. The van der Waals surface area contributed by atoms with Gasteiger partial charge in [-0.15, -0.1) is 0 Å². The maximum absolute atomic E-state index is 5.60. The molecule has 2 aromatic heterocycles. The van der Waals surface area contributed by atoms with Crippen LogP contribution in [-0.4, -0.2) is 15.0 Å². The Bertz CT molecular complexity index is 513. The van der Waals surface area contributed by atoms with E-state index < -0.39 is 0 Å². The van der Waals surface area contributed by atoms with E-state index in [9.17, 15) is 0 Å². The molecule has 5 heteroatoms. The second-order valence-electron chi connectivity index (χ2n) is 3.44. The van der Waals surface area contributed by atoms with Gasteiger partial charge in [0, 0.05) is 12.4 Å². The molecular formula is C12H12N4S. The lowest BCUT2D eigenvalue weighted by molar-refractivity contribution is 1.04. The van der Waals surface area contributed by atoms with Crippen molar-refractivity contribution in [1.82, 2.24) is 9.97 Å². The molecule has 0 aliphatic rings. The summed E-state index contributed by atoms with van der Waals surface area (Å²) in [5.41, 5.74) is 7.98. The summed E-state index contributed by atoms with van der Waals surface area (Å²) < 4.78 is 0. The maximum Gasteiger partial charge on any atom is 0.124 e. The summed E-state index contributed by atoms with van der Waals surface area (Å²) in [6.45, 7) is 0.613. The first-order valence-corrected chi connectivity index (χ1v) is 5.57. The molecule has 0 atom stereocenters. The van der Waals surface area contributed by atoms with Gasteiger partial charge in [0.2, 0.25) is 0 Å². The van der Waals surface area contributed by atoms with E-state index in [4.69, 9.17) is 18.0 Å². The minimum absolute atomic E-state index is 0.286. The zero-order chi connectivity index (χ0) is 12.1. The van der Waals surface area contributed by atoms with Gasteiger partial charge < -0.3 is 11.1 Å². The van der Waals surface area contributed by atoms with Crippen molar-refractivity contribution in [1.29, 1.82) is 0 Å². The summed E-state index contributed by atoms with van der Waals surface area (Å²) in [6, 6.07) is 9.51. The molecule has 2 aromatic rings. The average Bonchev–Trinajstić information content (AvgIpc) is 2.38. The highest BCUT2D eigenvalue weighted by atomic mass is 32.1. The fourth-order valence-corrected chi connectivity index (χ4v) is 1.60. The van der Waals surface area contributed by atoms with Crippen LogP contribution in [0.4, 0.5) is 5.69 Å². The molecule has 0 spiro atoms. The summed E-state index contributed by atoms with van der Waals surface area (Å²) in [4.78, 5) is 8.65. The van der Waals surface area contributed by atoms with Gasteiger partial charge in [-0.3, -0.25) is 9.97 Å². The van der Waals surface area contributed by atoms with Crippen LogP contribution >= 0.6 is 12.2 Å². The summed E-state index contributed by atoms with van der Waals surface area (Å²) in [5.74, 6) is 0. The Morgan fingerprint density at radius 2 is 2.00 bits per heavy atom. The second kappa shape index (κ2) is 5.36. The number of pyridine rings is 2. The van der Waals surface area contributed by atoms with Gasteiger partial charge in [0.05, 0.1) is 17.9 Å². The highest BCUT2D eigenvalue weighted by Gasteiger charge is 2.05. The first-order chi connectivity index (χ1) is 8.27. The van der Waals surface area contributed by atoms with Crippen molar-refractivity contribution in [2.45, 2.75) is 6.54 Å². The van der Waals surface area contributed by atoms with Gasteiger partial charge in [0.25, 0.3) is 0 Å². The van der Waals surface area contributed by atoms with Crippen molar-refractivity contribution in [3.63, 3.8) is 0 Å². The number of hydrogen-bond donors (Lipinski definition) is 2. The molecule has 3 N–H and O–H groups in total. The molecule has 0 aromatic carbocycles. The molecule has 0 saturated carbocycles. The third-order valence-electron chi connectivity index (χ3n) is 2.23. The lowest BCUT2D eigenvalue weighted by Crippen LogP contribution is -2.15. The number of anilines is 1. The molecule has 0 bridgehead atoms. The van der Waals surface area contributed by atoms with Gasteiger partial charge in [-0.2, -0.15) is 0 Å². The minimum Gasteiger partial charge on any atom is -0.388 e. The fourth-order valence-electron chi connectivity index (χ4n) is 1.43. The zero-order valence-corrected chi connectivity index (χ0v) is 9.95. The van der Waals surface area contributed by atoms with Crippen LogP contribution in [-0.2, 0) is 6.54 Å². The lowest BCUT2D eigenvalue weighted by Gasteiger charge is -2.09. The van der Waals surface area contributed by atoms with Gasteiger partial charge in [0.1, 0.15) is 10.7 Å². The number of hydrogen-bond acceptors (Lipinski definition) is 4. The van der Waals surface area contributed by atoms with Crippen LogP contribution in [0.15, 0.2) is 42.7 Å². The molecule has 4 nitrogen and oxygen atoms in total. The summed E-state index contributed by atoms with van der Waals surface area (Å²) in [7, 11) is 0. The Hall–Kier alpha value is -2.01. The van der Waals surface area contributed by atoms with Crippen LogP contribution in [0.3, 0.4) is 0 Å². The Morgan fingerprint density at radius 3 is 2.71 bits per heavy atom. The first-order valence-electron chi connectivity index (χ1n) is 5.16. The van der Waals surface area contributed by atoms with E-state index in [0.29, 0.717) is 12.2 Å². The molecule has 86 valence electrons. The van der Waals surface area contributed by atoms with Gasteiger partial charge in [0.15, 0.2) is 0 Å². The highest BCUT2D eigenvalue weighted by Crippen LogP contribution is 2.12. The molecule has 0 saturated heterocycles. The van der Waals surface area contributed by atoms with Crippen molar-refractivity contribution in [2.24, 2.45) is 5.73 Å². The summed E-state index contributed by atoms with van der Waals surface area (Å²) in [5, 5.41) is 3.22. The van der Waals surface area contributed by atoms with Gasteiger partial charge >= 0.3 is 0 Å². The number of nitrogens with one attached hydrogen (secondary N) is 1. The molecule has 0 amide bonds. The van der Waals surface area contributed by atoms with Crippen molar-refractivity contribution in [2.75, 3.05) is 5.32 Å². The van der Waals surface area contributed by atoms with Crippen molar-refractivity contribution in [3.8, 4) is 0 Å². The third kappa shape index (κ3) is 2.98. The Balaban J connectivity index is 2.12. The molecule has 0 unspecified atom stereocenters. The Kier molecular flexibility index (Phi) is 3.62. The zero-order valence-electron chi connectivity index (χ0n) is 9.13. The van der Waals surface area contributed by atoms with E-state index >= 15 is 0 Å². The first kappa shape index (κ1) is 11.5. The van der Waals surface area contributed by atoms with Crippen LogP contribution in [0.25, 0.3) is 0 Å². The number of thiocarbonyl (C=S) groups is 1. The Labute approximate surface area is 105 Å². The number of nitrogens with zero attached hydrogens (tertiary/aromatic N) is 2. The molecule has 2 rings (SSSR count). The van der Waals surface area contributed by atoms with Crippen molar-refractivity contribution < 1.29 is 0 Å². The van der Waals surface area contributed by atoms with E-state index in [1.54, 1.807) is 12.4 Å². The van der Waals surface area contributed by atoms with E-state index in [2.05, 4.69) is 15.3 Å². The van der Waals surface area contributed by atoms with E-state index in [0.717, 1.165) is 11.4 Å². The largest absolute Gasteiger partial charge is 0.388 e. The second-order valence-corrected chi connectivity index (χ2v) is 3.88. The standard InChI is InChI=1S/C12H12N4S/c13-12(17)11-10(5-3-7-15-11)16-8-9-4-1-2-6-14-9/h1-7,16H,8H2,(H2,13,17). The van der Waals surface area contributed by atoms with Crippen molar-refractivity contribution >= 4 is 22.9 Å². The van der Waals surface area contributed by atoms with Crippen LogP contribution in [0.1, 0.15) is 11.4 Å². The van der Waals surface area contributed by atoms with Crippen LogP contribution < -0.4 is 11.1 Å². The molecule has 0 aliphatic carbocycles. The predicted molar refractivity (Wildman–Crippen MR) is 71.7 cm³/mol. The van der Waals surface area contributed by atoms with Gasteiger partial charge in [-0.05, 0) is 24.3 Å². The molecule has 0 radical (unpaired) electrons. The molecular weight excluding hydrogens is 232 g/mol. The van der Waals surface area contributed by atoms with Crippen molar-refractivity contribution in [3.05, 3.63) is 54.1 Å². The average molecular weight is 244 g/mol. The Morgan fingerprint density at radius 1 is 1.18 bits per heavy atom. The fraction of sp³-hybridized carbons (Fsp3) is 0.0833. The smallest absolute Gasteiger partial charge is 0.124 e. The SMILES string of the molecule is NC(=S)c1ncccc1NCc1ccccn1. The van der Waals surface area contributed by atoms with E-state index in [-0.39, 0.29) is 4.99 Å². The van der Waals surface area contributed by atoms with Crippen LogP contribution in [0.2, 0.25) is 0 Å². The number of nitrogens with two attached hydrogens (primary N) is 1. The van der Waals surface area contributed by atoms with Gasteiger partial charge in [-0.1, -0.05) is 18.3 Å². The maximum atomic E-state index is 5.60. The van der Waals surface area contributed by atoms with Crippen LogP contribution in [0, 0.1) is 0 Å². The summed E-state index contributed by atoms with van der Waals surface area (Å²) in [6.07, 6.45) is 3.43. The minimum atomic E-state index is 0.286. The highest BCUT2D eigenvalue weighted by molar-refractivity contribution is 7.80. The van der Waals surface area contributed by atoms with E-state index in [1.165, 1.54) is 0 Å². The predicted octanol–water partition coefficient (Wildman–Crippen LogP) is 1.72. The third-order valence-corrected chi connectivity index (χ3v) is 2.42. The topological polar surface area (TPSA) is 63.8 Å². The lowest BCUT2D eigenvalue weighted by atomic mass is 10.2. The van der Waals surface area contributed by atoms with Crippen LogP contribution in [0.5, 0.6) is 0 Å². The normalized spacial score (nSPS) is 9.88. The monoisotopic (exact) mass is 244 g/mol. The van der Waals surface area contributed by atoms with E-state index in [1.807, 2.05) is 30.3 Å². The van der Waals surface area contributed by atoms with Gasteiger partial charge in [-0.25, -0.2) is 0 Å². The number of aromatic nitrogens is 2. The molecule has 2 heterocycles. The molecule has 17 heavy (non-hydrogen) atoms. The molecule has 0 fully saturated rings. The summed E-state index contributed by atoms with van der Waals surface area (Å²) >= 11 is 4.94.